The van der Waals surface area contributed by atoms with Crippen LogP contribution in [0.4, 0.5) is 11.4 Å². The molecule has 1 atom stereocenters. The van der Waals surface area contributed by atoms with E-state index in [1.807, 2.05) is 42.6 Å². The molecule has 2 aromatic heterocycles. The molecule has 0 unspecified atom stereocenters. The number of rotatable bonds is 5. The molecule has 2 aromatic carbocycles. The first-order chi connectivity index (χ1) is 13.6. The largest absolute Gasteiger partial charge is 0.374 e. The van der Waals surface area contributed by atoms with Crippen molar-refractivity contribution in [2.24, 2.45) is 0 Å². The monoisotopic (exact) mass is 370 g/mol. The lowest BCUT2D eigenvalue weighted by Gasteiger charge is -2.21. The minimum atomic E-state index is -0.0802. The van der Waals surface area contributed by atoms with Gasteiger partial charge in [0, 0.05) is 52.9 Å². The Morgan fingerprint density at radius 1 is 1.00 bits per heavy atom. The summed E-state index contributed by atoms with van der Waals surface area (Å²) in [5, 5.41) is 7.63. The summed E-state index contributed by atoms with van der Waals surface area (Å²) in [6, 6.07) is 20.0. The van der Waals surface area contributed by atoms with E-state index in [9.17, 15) is 4.79 Å². The number of nitrogens with one attached hydrogen (secondary N) is 3. The zero-order chi connectivity index (χ0) is 19.5. The molecule has 0 saturated heterocycles. The summed E-state index contributed by atoms with van der Waals surface area (Å²) in [6.45, 7) is 3.60. The SMILES string of the molecule is CC(=O)Nc1ccc(N[C@@H](c2cccnc2)c2c(C)[nH]c3ccccc23)cc1. The van der Waals surface area contributed by atoms with Gasteiger partial charge in [0.15, 0.2) is 0 Å². The van der Waals surface area contributed by atoms with Crippen molar-refractivity contribution in [3.63, 3.8) is 0 Å². The fourth-order valence-corrected chi connectivity index (χ4v) is 3.56. The number of pyridine rings is 1. The molecular weight excluding hydrogens is 348 g/mol. The third kappa shape index (κ3) is 3.60. The number of carbonyl (C=O) groups is 1. The van der Waals surface area contributed by atoms with E-state index in [2.05, 4.69) is 51.8 Å². The molecule has 0 spiro atoms. The third-order valence-corrected chi connectivity index (χ3v) is 4.77. The van der Waals surface area contributed by atoms with E-state index >= 15 is 0 Å². The standard InChI is InChI=1S/C23H22N4O/c1-15-22(20-7-3-4-8-21(20)25-15)23(17-6-5-13-24-14-17)27-19-11-9-18(10-12-19)26-16(2)28/h3-14,23,25,27H,1-2H3,(H,26,28)/t23-/m0/s1. The van der Waals surface area contributed by atoms with Gasteiger partial charge in [-0.2, -0.15) is 0 Å². The Balaban J connectivity index is 1.75. The second-order valence-electron chi connectivity index (χ2n) is 6.83. The Kier molecular flexibility index (Phi) is 4.81. The highest BCUT2D eigenvalue weighted by molar-refractivity contribution is 5.89. The summed E-state index contributed by atoms with van der Waals surface area (Å²) in [6.07, 6.45) is 3.68. The van der Waals surface area contributed by atoms with Crippen LogP contribution in [0.1, 0.15) is 29.8 Å². The predicted molar refractivity (Wildman–Crippen MR) is 113 cm³/mol. The second kappa shape index (κ2) is 7.56. The van der Waals surface area contributed by atoms with Gasteiger partial charge in [-0.15, -0.1) is 0 Å². The Morgan fingerprint density at radius 2 is 1.75 bits per heavy atom. The third-order valence-electron chi connectivity index (χ3n) is 4.77. The number of carbonyl (C=O) groups excluding carboxylic acids is 1. The number of benzene rings is 2. The van der Waals surface area contributed by atoms with Crippen LogP contribution in [0, 0.1) is 6.92 Å². The molecule has 28 heavy (non-hydrogen) atoms. The van der Waals surface area contributed by atoms with Crippen molar-refractivity contribution in [1.82, 2.24) is 9.97 Å². The first-order valence-electron chi connectivity index (χ1n) is 9.23. The quantitative estimate of drug-likeness (QED) is 0.461. The number of hydrogen-bond donors (Lipinski definition) is 3. The lowest BCUT2D eigenvalue weighted by molar-refractivity contribution is -0.114. The molecular formula is C23H22N4O. The lowest BCUT2D eigenvalue weighted by Crippen LogP contribution is -2.13. The number of nitrogens with zero attached hydrogens (tertiary/aromatic N) is 1. The first-order valence-corrected chi connectivity index (χ1v) is 9.23. The summed E-state index contributed by atoms with van der Waals surface area (Å²) in [5.41, 5.74) is 6.27. The van der Waals surface area contributed by atoms with Crippen molar-refractivity contribution < 1.29 is 4.79 Å². The minimum absolute atomic E-state index is 0.0588. The highest BCUT2D eigenvalue weighted by Crippen LogP contribution is 2.34. The molecule has 0 saturated carbocycles. The molecule has 3 N–H and O–H groups in total. The van der Waals surface area contributed by atoms with Gasteiger partial charge in [0.25, 0.3) is 0 Å². The van der Waals surface area contributed by atoms with Crippen LogP contribution in [-0.4, -0.2) is 15.9 Å². The average molecular weight is 370 g/mol. The molecule has 1 amide bonds. The summed E-state index contributed by atoms with van der Waals surface area (Å²) >= 11 is 0. The van der Waals surface area contributed by atoms with Gasteiger partial charge >= 0.3 is 0 Å². The number of aryl methyl sites for hydroxylation is 1. The van der Waals surface area contributed by atoms with Crippen LogP contribution in [0.15, 0.2) is 73.1 Å². The van der Waals surface area contributed by atoms with Gasteiger partial charge in [-0.05, 0) is 48.9 Å². The number of aromatic nitrogens is 2. The molecule has 5 nitrogen and oxygen atoms in total. The topological polar surface area (TPSA) is 69.8 Å². The van der Waals surface area contributed by atoms with Crippen molar-refractivity contribution in [3.05, 3.63) is 89.9 Å². The maximum atomic E-state index is 11.2. The van der Waals surface area contributed by atoms with Crippen LogP contribution in [0.3, 0.4) is 0 Å². The van der Waals surface area contributed by atoms with Gasteiger partial charge in [0.05, 0.1) is 6.04 Å². The van der Waals surface area contributed by atoms with Crippen molar-refractivity contribution in [2.45, 2.75) is 19.9 Å². The molecule has 0 aliphatic rings. The van der Waals surface area contributed by atoms with Crippen molar-refractivity contribution in [3.8, 4) is 0 Å². The van der Waals surface area contributed by atoms with E-state index < -0.39 is 0 Å². The van der Waals surface area contributed by atoms with E-state index in [0.29, 0.717) is 0 Å². The number of amides is 1. The molecule has 0 radical (unpaired) electrons. The van der Waals surface area contributed by atoms with Crippen molar-refractivity contribution in [2.75, 3.05) is 10.6 Å². The number of para-hydroxylation sites is 1. The van der Waals surface area contributed by atoms with Crippen LogP contribution >= 0.6 is 0 Å². The predicted octanol–water partition coefficient (Wildman–Crippen LogP) is 5.03. The van der Waals surface area contributed by atoms with Crippen LogP contribution in [0.25, 0.3) is 10.9 Å². The van der Waals surface area contributed by atoms with E-state index in [1.54, 1.807) is 6.20 Å². The molecule has 0 aliphatic heterocycles. The van der Waals surface area contributed by atoms with E-state index in [4.69, 9.17) is 0 Å². The van der Waals surface area contributed by atoms with Crippen LogP contribution in [-0.2, 0) is 4.79 Å². The Bertz CT molecular complexity index is 1100. The van der Waals surface area contributed by atoms with Gasteiger partial charge in [-0.3, -0.25) is 9.78 Å². The fourth-order valence-electron chi connectivity index (χ4n) is 3.56. The van der Waals surface area contributed by atoms with Crippen molar-refractivity contribution in [1.29, 1.82) is 0 Å². The number of aromatic amines is 1. The zero-order valence-corrected chi connectivity index (χ0v) is 15.9. The molecule has 0 bridgehead atoms. The summed E-state index contributed by atoms with van der Waals surface area (Å²) in [5.74, 6) is -0.0802. The van der Waals surface area contributed by atoms with Crippen LogP contribution < -0.4 is 10.6 Å². The highest BCUT2D eigenvalue weighted by Gasteiger charge is 2.21. The van der Waals surface area contributed by atoms with Gasteiger partial charge in [-0.1, -0.05) is 24.3 Å². The summed E-state index contributed by atoms with van der Waals surface area (Å²) in [4.78, 5) is 19.0. The Hall–Kier alpha value is -3.60. The number of anilines is 2. The van der Waals surface area contributed by atoms with Gasteiger partial charge in [-0.25, -0.2) is 0 Å². The number of fused-ring (bicyclic) bond motifs is 1. The fraction of sp³-hybridized carbons (Fsp3) is 0.130. The van der Waals surface area contributed by atoms with Crippen LogP contribution in [0.5, 0.6) is 0 Å². The lowest BCUT2D eigenvalue weighted by atomic mass is 9.97. The average Bonchev–Trinajstić information content (AvgIpc) is 3.03. The first kappa shape index (κ1) is 17.8. The number of hydrogen-bond acceptors (Lipinski definition) is 3. The maximum absolute atomic E-state index is 11.2. The van der Waals surface area contributed by atoms with Crippen LogP contribution in [0.2, 0.25) is 0 Å². The second-order valence-corrected chi connectivity index (χ2v) is 6.83. The normalized spacial score (nSPS) is 11.9. The molecule has 4 aromatic rings. The van der Waals surface area contributed by atoms with E-state index in [0.717, 1.165) is 28.1 Å². The summed E-state index contributed by atoms with van der Waals surface area (Å²) in [7, 11) is 0. The highest BCUT2D eigenvalue weighted by atomic mass is 16.1. The zero-order valence-electron chi connectivity index (χ0n) is 15.9. The summed E-state index contributed by atoms with van der Waals surface area (Å²) < 4.78 is 0. The minimum Gasteiger partial charge on any atom is -0.374 e. The number of H-pyrrole nitrogens is 1. The smallest absolute Gasteiger partial charge is 0.221 e. The molecule has 4 rings (SSSR count). The molecule has 0 aliphatic carbocycles. The van der Waals surface area contributed by atoms with Crippen molar-refractivity contribution >= 4 is 28.2 Å². The molecule has 2 heterocycles. The molecule has 140 valence electrons. The Labute approximate surface area is 163 Å². The maximum Gasteiger partial charge on any atom is 0.221 e. The Morgan fingerprint density at radius 3 is 2.46 bits per heavy atom. The molecule has 0 fully saturated rings. The van der Waals surface area contributed by atoms with E-state index in [-0.39, 0.29) is 11.9 Å². The van der Waals surface area contributed by atoms with Gasteiger partial charge in [0.2, 0.25) is 5.91 Å². The van der Waals surface area contributed by atoms with Gasteiger partial charge in [0.1, 0.15) is 0 Å². The van der Waals surface area contributed by atoms with Gasteiger partial charge < -0.3 is 15.6 Å². The molecule has 5 heteroatoms. The van der Waals surface area contributed by atoms with E-state index in [1.165, 1.54) is 17.9 Å².